The summed E-state index contributed by atoms with van der Waals surface area (Å²) in [5.41, 5.74) is 3.82. The maximum absolute atomic E-state index is 2.53. The molecule has 1 aromatic heterocycles. The third-order valence-electron chi connectivity index (χ3n) is 4.29. The van der Waals surface area contributed by atoms with Gasteiger partial charge in [-0.15, -0.1) is 0 Å². The Morgan fingerprint density at radius 3 is 1.67 bits per heavy atom. The van der Waals surface area contributed by atoms with Crippen molar-refractivity contribution >= 4 is 17.8 Å². The Hall–Kier alpha value is -1.44. The van der Waals surface area contributed by atoms with Gasteiger partial charge in [-0.25, -0.2) is 4.57 Å². The number of hydrogen-bond acceptors (Lipinski definition) is 1. The monoisotopic (exact) mass is 486 g/mol. The van der Waals surface area contributed by atoms with Crippen LogP contribution in [-0.2, 0) is 7.05 Å². The molecular formula is C22H35IN2O2. The van der Waals surface area contributed by atoms with Crippen molar-refractivity contribution in [3.8, 4) is 0 Å². The summed E-state index contributed by atoms with van der Waals surface area (Å²) < 4.78 is 2.05. The third kappa shape index (κ3) is 9.89. The number of unbranched alkanes of at least 4 members (excludes halogenated alkanes) is 2. The normalized spacial score (nSPS) is 9.89. The van der Waals surface area contributed by atoms with Crippen LogP contribution in [0.3, 0.4) is 0 Å². The number of nitrogens with zero attached hydrogens (tertiary/aromatic N) is 2. The van der Waals surface area contributed by atoms with E-state index in [9.17, 15) is 0 Å². The van der Waals surface area contributed by atoms with Gasteiger partial charge in [0.1, 0.15) is 7.05 Å². The fourth-order valence-electron chi connectivity index (χ4n) is 2.68. The van der Waals surface area contributed by atoms with Gasteiger partial charge in [0.15, 0.2) is 12.4 Å². The van der Waals surface area contributed by atoms with Gasteiger partial charge in [0.25, 0.3) is 0 Å². The minimum absolute atomic E-state index is 0. The summed E-state index contributed by atoms with van der Waals surface area (Å²) in [6.45, 7) is 6.84. The van der Waals surface area contributed by atoms with Crippen LogP contribution in [0.1, 0.15) is 50.7 Å². The molecule has 0 fully saturated rings. The van der Waals surface area contributed by atoms with E-state index in [2.05, 4.69) is 79.7 Å². The van der Waals surface area contributed by atoms with Gasteiger partial charge in [-0.1, -0.05) is 51.0 Å². The van der Waals surface area contributed by atoms with Crippen molar-refractivity contribution in [2.75, 3.05) is 18.0 Å². The van der Waals surface area contributed by atoms with E-state index < -0.39 is 0 Å². The predicted molar refractivity (Wildman–Crippen MR) is 112 cm³/mol. The van der Waals surface area contributed by atoms with Crippen LogP contribution in [0.2, 0.25) is 0 Å². The number of pyridine rings is 1. The number of aryl methyl sites for hydroxylation is 1. The minimum Gasteiger partial charge on any atom is -1.00 e. The van der Waals surface area contributed by atoms with E-state index in [4.69, 9.17) is 0 Å². The van der Waals surface area contributed by atoms with Gasteiger partial charge >= 0.3 is 0 Å². The SMILES string of the molecule is CCCCN(CCCC)c1ccc(/C=C/c2cc[n+](C)cc2)cc1.O.O.[I-]. The Bertz CT molecular complexity index is 620. The lowest BCUT2D eigenvalue weighted by Gasteiger charge is -2.24. The van der Waals surface area contributed by atoms with Gasteiger partial charge in [0, 0.05) is 30.9 Å². The Balaban J connectivity index is 0. The Kier molecular flexibility index (Phi) is 16.0. The highest BCUT2D eigenvalue weighted by Crippen LogP contribution is 2.18. The molecule has 1 aromatic carbocycles. The average molecular weight is 486 g/mol. The third-order valence-corrected chi connectivity index (χ3v) is 4.29. The molecule has 0 radical (unpaired) electrons. The molecule has 0 amide bonds. The highest BCUT2D eigenvalue weighted by Gasteiger charge is 2.05. The lowest BCUT2D eigenvalue weighted by Crippen LogP contribution is -3.00. The molecule has 2 aromatic rings. The van der Waals surface area contributed by atoms with E-state index in [1.165, 1.54) is 42.5 Å². The van der Waals surface area contributed by atoms with Crippen molar-refractivity contribution in [2.24, 2.45) is 7.05 Å². The Morgan fingerprint density at radius 1 is 0.778 bits per heavy atom. The van der Waals surface area contributed by atoms with E-state index >= 15 is 0 Å². The van der Waals surface area contributed by atoms with Gasteiger partial charge in [0.05, 0.1) is 0 Å². The van der Waals surface area contributed by atoms with Crippen molar-refractivity contribution in [3.05, 3.63) is 59.9 Å². The number of aromatic nitrogens is 1. The molecule has 5 heteroatoms. The summed E-state index contributed by atoms with van der Waals surface area (Å²) in [5, 5.41) is 0. The van der Waals surface area contributed by atoms with E-state index in [0.717, 1.165) is 13.1 Å². The first-order valence-corrected chi connectivity index (χ1v) is 9.21. The smallest absolute Gasteiger partial charge is 0.169 e. The van der Waals surface area contributed by atoms with Crippen molar-refractivity contribution in [1.82, 2.24) is 0 Å². The van der Waals surface area contributed by atoms with Gasteiger partial charge in [-0.3, -0.25) is 0 Å². The van der Waals surface area contributed by atoms with E-state index in [1.807, 2.05) is 11.6 Å². The molecule has 152 valence electrons. The molecule has 27 heavy (non-hydrogen) atoms. The molecule has 0 aliphatic rings. The fourth-order valence-corrected chi connectivity index (χ4v) is 2.68. The number of rotatable bonds is 9. The zero-order valence-corrected chi connectivity index (χ0v) is 18.9. The van der Waals surface area contributed by atoms with Crippen molar-refractivity contribution < 1.29 is 39.5 Å². The minimum atomic E-state index is 0. The van der Waals surface area contributed by atoms with Crippen LogP contribution >= 0.6 is 0 Å². The quantitative estimate of drug-likeness (QED) is 0.375. The number of anilines is 1. The molecule has 0 saturated carbocycles. The molecule has 0 aliphatic heterocycles. The first-order chi connectivity index (χ1) is 11.7. The van der Waals surface area contributed by atoms with E-state index in [0.29, 0.717) is 0 Å². The molecular weight excluding hydrogens is 451 g/mol. The zero-order chi connectivity index (χ0) is 17.2. The van der Waals surface area contributed by atoms with Gasteiger partial charge in [-0.2, -0.15) is 0 Å². The van der Waals surface area contributed by atoms with Crippen LogP contribution in [0.5, 0.6) is 0 Å². The van der Waals surface area contributed by atoms with Crippen LogP contribution in [0, 0.1) is 0 Å². The summed E-state index contributed by atoms with van der Waals surface area (Å²) in [6, 6.07) is 13.2. The molecule has 0 saturated heterocycles. The molecule has 0 atom stereocenters. The van der Waals surface area contributed by atoms with Crippen LogP contribution in [0.4, 0.5) is 5.69 Å². The van der Waals surface area contributed by atoms with Crippen LogP contribution in [0.25, 0.3) is 12.2 Å². The maximum atomic E-state index is 2.53. The second-order valence-electron chi connectivity index (χ2n) is 6.42. The van der Waals surface area contributed by atoms with Crippen molar-refractivity contribution in [1.29, 1.82) is 0 Å². The molecule has 0 unspecified atom stereocenters. The molecule has 1 heterocycles. The second-order valence-corrected chi connectivity index (χ2v) is 6.42. The van der Waals surface area contributed by atoms with E-state index in [-0.39, 0.29) is 34.9 Å². The topological polar surface area (TPSA) is 70.1 Å². The number of hydrogen-bond donors (Lipinski definition) is 0. The van der Waals surface area contributed by atoms with Gasteiger partial charge in [-0.05, 0) is 36.1 Å². The lowest BCUT2D eigenvalue weighted by atomic mass is 10.1. The average Bonchev–Trinajstić information content (AvgIpc) is 2.62. The molecule has 0 aliphatic carbocycles. The summed E-state index contributed by atoms with van der Waals surface area (Å²) in [5.74, 6) is 0. The highest BCUT2D eigenvalue weighted by atomic mass is 127. The predicted octanol–water partition coefficient (Wildman–Crippen LogP) is 0.443. The summed E-state index contributed by atoms with van der Waals surface area (Å²) in [6.07, 6.45) is 13.5. The first-order valence-electron chi connectivity index (χ1n) is 9.21. The molecule has 4 N–H and O–H groups in total. The summed E-state index contributed by atoms with van der Waals surface area (Å²) in [4.78, 5) is 2.53. The van der Waals surface area contributed by atoms with Gasteiger partial charge in [0.2, 0.25) is 0 Å². The van der Waals surface area contributed by atoms with Crippen LogP contribution in [0.15, 0.2) is 48.8 Å². The van der Waals surface area contributed by atoms with Gasteiger partial charge < -0.3 is 39.8 Å². The highest BCUT2D eigenvalue weighted by molar-refractivity contribution is 5.70. The maximum Gasteiger partial charge on any atom is 0.169 e. The molecule has 2 rings (SSSR count). The van der Waals surface area contributed by atoms with Crippen molar-refractivity contribution in [2.45, 2.75) is 39.5 Å². The van der Waals surface area contributed by atoms with E-state index in [1.54, 1.807) is 0 Å². The lowest BCUT2D eigenvalue weighted by molar-refractivity contribution is -0.671. The number of benzene rings is 1. The first kappa shape index (κ1) is 27.8. The standard InChI is InChI=1S/C22H31N2.HI.2H2O/c1-4-6-16-24(17-7-5-2)22-12-10-20(11-13-22)8-9-21-14-18-23(3)19-15-21;;;/h8-15,18-19H,4-7,16-17H2,1-3H3;1H;2*1H2/q+1;;;/p-1. The molecule has 4 nitrogen and oxygen atoms in total. The zero-order valence-electron chi connectivity index (χ0n) is 16.8. The molecule has 0 spiro atoms. The largest absolute Gasteiger partial charge is 1.00 e. The Morgan fingerprint density at radius 2 is 1.22 bits per heavy atom. The summed E-state index contributed by atoms with van der Waals surface area (Å²) >= 11 is 0. The second kappa shape index (κ2) is 15.6. The fraction of sp³-hybridized carbons (Fsp3) is 0.409. The van der Waals surface area contributed by atoms with Crippen LogP contribution < -0.4 is 33.4 Å². The van der Waals surface area contributed by atoms with Crippen LogP contribution in [-0.4, -0.2) is 24.0 Å². The summed E-state index contributed by atoms with van der Waals surface area (Å²) in [7, 11) is 2.04. The van der Waals surface area contributed by atoms with Crippen molar-refractivity contribution in [3.63, 3.8) is 0 Å². The Labute approximate surface area is 181 Å². The molecule has 0 bridgehead atoms. The number of halogens is 1.